The van der Waals surface area contributed by atoms with Crippen molar-refractivity contribution in [3.63, 3.8) is 0 Å². The van der Waals surface area contributed by atoms with Gasteiger partial charge in [-0.3, -0.25) is 19.3 Å². The highest BCUT2D eigenvalue weighted by atomic mass is 32.2. The van der Waals surface area contributed by atoms with Crippen LogP contribution in [-0.4, -0.2) is 52.5 Å². The molecule has 2 aliphatic heterocycles. The number of esters is 3. The maximum absolute atomic E-state index is 13.8. The molecule has 0 aliphatic carbocycles. The zero-order chi connectivity index (χ0) is 31.9. The summed E-state index contributed by atoms with van der Waals surface area (Å²) in [5.74, 6) is -1.36. The third-order valence-corrected chi connectivity index (χ3v) is 8.30. The Balaban J connectivity index is 1.32. The van der Waals surface area contributed by atoms with Gasteiger partial charge in [0.05, 0.1) is 13.2 Å². The zero-order valence-electron chi connectivity index (χ0n) is 24.7. The van der Waals surface area contributed by atoms with E-state index < -0.39 is 30.1 Å². The highest BCUT2D eigenvalue weighted by molar-refractivity contribution is 8.00. The largest absolute Gasteiger partial charge is 0.448 e. The number of rotatable bonds is 11. The first-order valence-electron chi connectivity index (χ1n) is 14.2. The molecule has 3 aromatic carbocycles. The van der Waals surface area contributed by atoms with Crippen molar-refractivity contribution in [1.82, 2.24) is 4.90 Å². The van der Waals surface area contributed by atoms with Crippen LogP contribution >= 0.6 is 11.8 Å². The Hall–Kier alpha value is -4.71. The minimum Gasteiger partial charge on any atom is -0.448 e. The van der Waals surface area contributed by atoms with E-state index in [1.165, 1.54) is 36.6 Å². The molecule has 2 unspecified atom stereocenters. The molecule has 11 heteroatoms. The number of nitrogens with two attached hydrogens (primary N) is 1. The fourth-order valence-electron chi connectivity index (χ4n) is 4.96. The first-order chi connectivity index (χ1) is 21.7. The number of ether oxygens (including phenoxy) is 4. The van der Waals surface area contributed by atoms with Crippen LogP contribution in [0.15, 0.2) is 102 Å². The van der Waals surface area contributed by atoms with Crippen molar-refractivity contribution < 1.29 is 38.1 Å². The lowest BCUT2D eigenvalue weighted by Crippen LogP contribution is -2.68. The molecule has 1 fully saturated rings. The number of hydrogen-bond donors (Lipinski definition) is 1. The molecule has 45 heavy (non-hydrogen) atoms. The molecule has 0 spiro atoms. The fraction of sp³-hybridized carbons (Fsp3) is 0.235. The Bertz CT molecular complexity index is 1600. The summed E-state index contributed by atoms with van der Waals surface area (Å²) in [5, 5.41) is -0.346. The summed E-state index contributed by atoms with van der Waals surface area (Å²) in [7, 11) is 0. The lowest BCUT2D eigenvalue weighted by Gasteiger charge is -2.48. The highest BCUT2D eigenvalue weighted by Crippen LogP contribution is 2.41. The number of carbonyl (C=O) groups excluding carboxylic acids is 4. The maximum Gasteiger partial charge on any atom is 0.356 e. The van der Waals surface area contributed by atoms with Crippen LogP contribution in [0.4, 0.5) is 0 Å². The van der Waals surface area contributed by atoms with Gasteiger partial charge in [0.15, 0.2) is 17.6 Å². The van der Waals surface area contributed by atoms with Gasteiger partial charge in [0.2, 0.25) is 5.91 Å². The molecule has 3 aromatic rings. The summed E-state index contributed by atoms with van der Waals surface area (Å²) in [5.41, 5.74) is 9.13. The fourth-order valence-corrected chi connectivity index (χ4v) is 6.22. The summed E-state index contributed by atoms with van der Waals surface area (Å²) in [6.45, 7) is 2.85. The second kappa shape index (κ2) is 14.4. The molecule has 0 aromatic heterocycles. The van der Waals surface area contributed by atoms with Gasteiger partial charge in [-0.05, 0) is 34.4 Å². The average molecular weight is 629 g/mol. The van der Waals surface area contributed by atoms with E-state index in [9.17, 15) is 19.2 Å². The molecule has 2 atom stereocenters. The van der Waals surface area contributed by atoms with Crippen molar-refractivity contribution in [1.29, 1.82) is 0 Å². The quantitative estimate of drug-likeness (QED) is 0.141. The minimum absolute atomic E-state index is 0.109. The summed E-state index contributed by atoms with van der Waals surface area (Å²) in [6.07, 6.45) is 2.83. The van der Waals surface area contributed by atoms with Crippen LogP contribution in [0.2, 0.25) is 0 Å². The van der Waals surface area contributed by atoms with E-state index in [1.807, 2.05) is 60.7 Å². The third-order valence-electron chi connectivity index (χ3n) is 6.98. The normalized spacial score (nSPS) is 17.6. The number of nitrogens with zero attached hydrogens (tertiary/aromatic N) is 1. The smallest absolute Gasteiger partial charge is 0.356 e. The molecule has 232 valence electrons. The zero-order valence-corrected chi connectivity index (χ0v) is 25.5. The SMILES string of the molecule is CC(=O)Oc1ccc(COC/C=C/C2=C(C(=O)OC(c3ccccc3)c3ccccc3)N3C(=O)C(N)C3SC2)cc1OC(C)=O. The van der Waals surface area contributed by atoms with Crippen LogP contribution in [0.5, 0.6) is 11.5 Å². The van der Waals surface area contributed by atoms with Gasteiger partial charge >= 0.3 is 17.9 Å². The van der Waals surface area contributed by atoms with Crippen molar-refractivity contribution in [2.75, 3.05) is 12.4 Å². The first-order valence-corrected chi connectivity index (χ1v) is 15.3. The van der Waals surface area contributed by atoms with Crippen molar-refractivity contribution in [2.24, 2.45) is 5.73 Å². The van der Waals surface area contributed by atoms with Crippen LogP contribution in [0, 0.1) is 0 Å². The number of allylic oxidation sites excluding steroid dienone is 1. The van der Waals surface area contributed by atoms with Crippen LogP contribution in [0.3, 0.4) is 0 Å². The molecule has 2 N–H and O–H groups in total. The topological polar surface area (TPSA) is 134 Å². The molecular formula is C34H32N2O8S. The van der Waals surface area contributed by atoms with E-state index in [-0.39, 0.29) is 41.7 Å². The predicted molar refractivity (Wildman–Crippen MR) is 167 cm³/mol. The van der Waals surface area contributed by atoms with Crippen molar-refractivity contribution in [2.45, 2.75) is 38.0 Å². The van der Waals surface area contributed by atoms with Gasteiger partial charge in [0.1, 0.15) is 17.1 Å². The number of carbonyl (C=O) groups is 4. The highest BCUT2D eigenvalue weighted by Gasteiger charge is 2.52. The summed E-state index contributed by atoms with van der Waals surface area (Å²) in [4.78, 5) is 51.0. The van der Waals surface area contributed by atoms with Crippen LogP contribution < -0.4 is 15.2 Å². The Kier molecular flexibility index (Phi) is 10.1. The van der Waals surface area contributed by atoms with E-state index in [2.05, 4.69) is 0 Å². The van der Waals surface area contributed by atoms with Crippen LogP contribution in [0.1, 0.15) is 36.6 Å². The number of hydrogen-bond acceptors (Lipinski definition) is 10. The molecule has 0 radical (unpaired) electrons. The van der Waals surface area contributed by atoms with Gasteiger partial charge in [0.25, 0.3) is 0 Å². The average Bonchev–Trinajstić information content (AvgIpc) is 3.04. The van der Waals surface area contributed by atoms with Gasteiger partial charge < -0.3 is 24.7 Å². The minimum atomic E-state index is -0.685. The number of fused-ring (bicyclic) bond motifs is 1. The molecule has 2 aliphatic rings. The van der Waals surface area contributed by atoms with E-state index in [0.29, 0.717) is 16.9 Å². The third kappa shape index (κ3) is 7.51. The molecule has 2 heterocycles. The molecular weight excluding hydrogens is 596 g/mol. The van der Waals surface area contributed by atoms with Crippen molar-refractivity contribution in [3.8, 4) is 11.5 Å². The summed E-state index contributed by atoms with van der Waals surface area (Å²) < 4.78 is 22.2. The Labute approximate surface area is 264 Å². The van der Waals surface area contributed by atoms with E-state index >= 15 is 0 Å². The van der Waals surface area contributed by atoms with Gasteiger partial charge in [-0.25, -0.2) is 4.79 Å². The van der Waals surface area contributed by atoms with Crippen molar-refractivity contribution in [3.05, 3.63) is 119 Å². The molecule has 10 nitrogen and oxygen atoms in total. The lowest BCUT2D eigenvalue weighted by molar-refractivity contribution is -0.153. The van der Waals surface area contributed by atoms with E-state index in [0.717, 1.165) is 11.1 Å². The van der Waals surface area contributed by atoms with E-state index in [1.54, 1.807) is 24.3 Å². The number of thioether (sulfide) groups is 1. The Morgan fingerprint density at radius 3 is 2.18 bits per heavy atom. The summed E-state index contributed by atoms with van der Waals surface area (Å²) >= 11 is 1.48. The lowest BCUT2D eigenvalue weighted by atomic mass is 10.0. The van der Waals surface area contributed by atoms with Crippen molar-refractivity contribution >= 4 is 35.6 Å². The van der Waals surface area contributed by atoms with Gasteiger partial charge in [0, 0.05) is 19.6 Å². The standard InChI is InChI=1S/C34H32N2O8S/c1-21(37)42-27-16-15-23(18-28(27)43-22(2)38)19-41-17-9-14-26-20-45-33-29(35)32(39)36(33)30(26)34(40)44-31(24-10-5-3-6-11-24)25-12-7-4-8-13-25/h3-16,18,29,31,33H,17,19-20,35H2,1-2H3/b14-9+. The number of β-lactam (4-membered cyclic amide) rings is 1. The first kappa shape index (κ1) is 31.7. The van der Waals surface area contributed by atoms with Gasteiger partial charge in [-0.1, -0.05) is 78.9 Å². The second-order valence-electron chi connectivity index (χ2n) is 10.3. The predicted octanol–water partition coefficient (Wildman–Crippen LogP) is 4.44. The van der Waals surface area contributed by atoms with Gasteiger partial charge in [-0.2, -0.15) is 0 Å². The maximum atomic E-state index is 13.8. The molecule has 1 amide bonds. The molecule has 1 saturated heterocycles. The van der Waals surface area contributed by atoms with Crippen LogP contribution in [-0.2, 0) is 35.3 Å². The Morgan fingerprint density at radius 1 is 0.933 bits per heavy atom. The molecule has 0 saturated carbocycles. The summed E-state index contributed by atoms with van der Waals surface area (Å²) in [6, 6.07) is 22.9. The molecule has 0 bridgehead atoms. The number of benzene rings is 3. The molecule has 5 rings (SSSR count). The Morgan fingerprint density at radius 2 is 1.56 bits per heavy atom. The second-order valence-corrected chi connectivity index (χ2v) is 11.4. The van der Waals surface area contributed by atoms with E-state index in [4.69, 9.17) is 24.7 Å². The monoisotopic (exact) mass is 628 g/mol. The van der Waals surface area contributed by atoms with Gasteiger partial charge in [-0.15, -0.1) is 11.8 Å². The number of amides is 1. The van der Waals surface area contributed by atoms with Crippen LogP contribution in [0.25, 0.3) is 0 Å².